The van der Waals surface area contributed by atoms with Crippen molar-refractivity contribution >= 4 is 15.9 Å². The second-order valence-electron chi connectivity index (χ2n) is 4.59. The average Bonchev–Trinajstić information content (AvgIpc) is 3.08. The van der Waals surface area contributed by atoms with Gasteiger partial charge >= 0.3 is 0 Å². The van der Waals surface area contributed by atoms with Gasteiger partial charge in [-0.1, -0.05) is 41.9 Å². The maximum absolute atomic E-state index is 9.66. The quantitative estimate of drug-likeness (QED) is 0.679. The number of aromatic hydroxyl groups is 1. The van der Waals surface area contributed by atoms with Gasteiger partial charge in [-0.15, -0.1) is 0 Å². The smallest absolute Gasteiger partial charge is 0.226 e. The summed E-state index contributed by atoms with van der Waals surface area (Å²) in [6.07, 6.45) is 1.62. The molecule has 3 N–H and O–H groups in total. The minimum atomic E-state index is 0.181. The van der Waals surface area contributed by atoms with Crippen LogP contribution in [0.1, 0.15) is 19.4 Å². The van der Waals surface area contributed by atoms with Crippen LogP contribution in [0.25, 0.3) is 22.7 Å². The first-order valence-corrected chi connectivity index (χ1v) is 8.20. The molecular formula is C18H19BrN2O2. The van der Waals surface area contributed by atoms with E-state index in [1.54, 1.807) is 24.5 Å². The van der Waals surface area contributed by atoms with Crippen LogP contribution in [0.2, 0.25) is 0 Å². The lowest BCUT2D eigenvalue weighted by molar-refractivity contribution is 0.468. The molecule has 0 aliphatic rings. The van der Waals surface area contributed by atoms with Gasteiger partial charge in [-0.05, 0) is 30.3 Å². The fraction of sp³-hybridized carbons (Fsp3) is 0.167. The molecule has 0 amide bonds. The number of halogens is 1. The first kappa shape index (κ1) is 17.2. The summed E-state index contributed by atoms with van der Waals surface area (Å²) >= 11 is 3.40. The molecule has 0 atom stereocenters. The number of nitrogens with two attached hydrogens (primary N) is 1. The minimum absolute atomic E-state index is 0.181. The topological polar surface area (TPSA) is 72.3 Å². The number of aromatic nitrogens is 1. The Morgan fingerprint density at radius 3 is 2.39 bits per heavy atom. The van der Waals surface area contributed by atoms with Gasteiger partial charge in [0.2, 0.25) is 5.89 Å². The molecule has 0 spiro atoms. The zero-order valence-electron chi connectivity index (χ0n) is 13.1. The third kappa shape index (κ3) is 4.00. The molecule has 2 aromatic carbocycles. The maximum Gasteiger partial charge on any atom is 0.226 e. The first-order valence-electron chi connectivity index (χ1n) is 7.41. The number of hydrogen-bond donors (Lipinski definition) is 2. The van der Waals surface area contributed by atoms with Crippen molar-refractivity contribution in [3.63, 3.8) is 0 Å². The normalized spacial score (nSPS) is 10.1. The van der Waals surface area contributed by atoms with Crippen molar-refractivity contribution < 1.29 is 9.52 Å². The summed E-state index contributed by atoms with van der Waals surface area (Å²) in [6, 6.07) is 13.0. The van der Waals surface area contributed by atoms with Gasteiger partial charge in [0, 0.05) is 27.7 Å². The Hall–Kier alpha value is -2.11. The zero-order chi connectivity index (χ0) is 16.8. The van der Waals surface area contributed by atoms with Gasteiger partial charge in [-0.3, -0.25) is 0 Å². The Morgan fingerprint density at radius 1 is 1.09 bits per heavy atom. The Bertz CT molecular complexity index is 767. The van der Waals surface area contributed by atoms with Crippen LogP contribution in [0.3, 0.4) is 0 Å². The van der Waals surface area contributed by atoms with Crippen molar-refractivity contribution in [1.29, 1.82) is 0 Å². The van der Waals surface area contributed by atoms with Gasteiger partial charge in [-0.25, -0.2) is 4.98 Å². The highest BCUT2D eigenvalue weighted by Crippen LogP contribution is 2.28. The van der Waals surface area contributed by atoms with Crippen LogP contribution in [0, 0.1) is 0 Å². The molecule has 0 aliphatic carbocycles. The summed E-state index contributed by atoms with van der Waals surface area (Å²) in [6.45, 7) is 4.26. The number of benzene rings is 2. The van der Waals surface area contributed by atoms with Gasteiger partial charge in [0.15, 0.2) is 0 Å². The van der Waals surface area contributed by atoms with Gasteiger partial charge in [0.25, 0.3) is 0 Å². The maximum atomic E-state index is 9.66. The molecule has 0 unspecified atom stereocenters. The minimum Gasteiger partial charge on any atom is -0.508 e. The lowest BCUT2D eigenvalue weighted by atomic mass is 10.1. The zero-order valence-corrected chi connectivity index (χ0v) is 14.7. The van der Waals surface area contributed by atoms with E-state index >= 15 is 0 Å². The highest BCUT2D eigenvalue weighted by atomic mass is 79.9. The third-order valence-electron chi connectivity index (χ3n) is 3.19. The number of rotatable bonds is 3. The SMILES string of the molecule is CC.NCc1cc(-c2nc(-c3ccc(Br)cc3)co2)ccc1O. The van der Waals surface area contributed by atoms with Crippen molar-refractivity contribution in [2.24, 2.45) is 5.73 Å². The van der Waals surface area contributed by atoms with E-state index in [0.29, 0.717) is 11.5 Å². The summed E-state index contributed by atoms with van der Waals surface area (Å²) in [4.78, 5) is 4.48. The molecule has 0 saturated carbocycles. The molecule has 0 saturated heterocycles. The van der Waals surface area contributed by atoms with E-state index in [1.165, 1.54) is 0 Å². The van der Waals surface area contributed by atoms with Crippen molar-refractivity contribution in [3.05, 3.63) is 58.8 Å². The van der Waals surface area contributed by atoms with E-state index < -0.39 is 0 Å². The van der Waals surface area contributed by atoms with E-state index in [-0.39, 0.29) is 12.3 Å². The summed E-state index contributed by atoms with van der Waals surface area (Å²) in [5, 5.41) is 9.66. The molecule has 0 aliphatic heterocycles. The molecule has 1 aromatic heterocycles. The molecule has 5 heteroatoms. The molecule has 1 heterocycles. The van der Waals surface area contributed by atoms with Crippen molar-refractivity contribution in [2.75, 3.05) is 0 Å². The van der Waals surface area contributed by atoms with Crippen molar-refractivity contribution in [1.82, 2.24) is 4.98 Å². The number of phenols is 1. The summed E-state index contributed by atoms with van der Waals surface area (Å²) in [7, 11) is 0. The van der Waals surface area contributed by atoms with Crippen LogP contribution < -0.4 is 5.73 Å². The van der Waals surface area contributed by atoms with E-state index in [9.17, 15) is 5.11 Å². The Morgan fingerprint density at radius 2 is 1.74 bits per heavy atom. The van der Waals surface area contributed by atoms with Gasteiger partial charge in [0.1, 0.15) is 17.7 Å². The van der Waals surface area contributed by atoms with Crippen LogP contribution in [0.15, 0.2) is 57.6 Å². The predicted molar refractivity (Wildman–Crippen MR) is 96.0 cm³/mol. The number of oxazole rings is 1. The second-order valence-corrected chi connectivity index (χ2v) is 5.51. The standard InChI is InChI=1S/C16H13BrN2O2.C2H6/c17-13-4-1-10(2-5-13)14-9-21-16(19-14)11-3-6-15(20)12(7-11)8-18;1-2/h1-7,9,20H,8,18H2;1-2H3. The van der Waals surface area contributed by atoms with Crippen LogP contribution in [0.4, 0.5) is 0 Å². The van der Waals surface area contributed by atoms with Crippen LogP contribution in [-0.2, 0) is 6.54 Å². The van der Waals surface area contributed by atoms with E-state index in [1.807, 2.05) is 38.1 Å². The highest BCUT2D eigenvalue weighted by molar-refractivity contribution is 9.10. The predicted octanol–water partition coefficient (Wildman–Crippen LogP) is 4.96. The molecule has 4 nitrogen and oxygen atoms in total. The van der Waals surface area contributed by atoms with Crippen LogP contribution >= 0.6 is 15.9 Å². The summed E-state index contributed by atoms with van der Waals surface area (Å²) in [5.74, 6) is 0.684. The molecule has 23 heavy (non-hydrogen) atoms. The molecule has 3 rings (SSSR count). The van der Waals surface area contributed by atoms with E-state index in [0.717, 1.165) is 21.3 Å². The Labute approximate surface area is 144 Å². The molecule has 0 bridgehead atoms. The number of nitrogens with zero attached hydrogens (tertiary/aromatic N) is 1. The lowest BCUT2D eigenvalue weighted by Crippen LogP contribution is -1.96. The molecule has 3 aromatic rings. The second kappa shape index (κ2) is 7.94. The largest absolute Gasteiger partial charge is 0.508 e. The monoisotopic (exact) mass is 374 g/mol. The molecular weight excluding hydrogens is 356 g/mol. The Balaban J connectivity index is 0.000000924. The fourth-order valence-electron chi connectivity index (χ4n) is 2.04. The summed E-state index contributed by atoms with van der Waals surface area (Å²) < 4.78 is 6.54. The first-order chi connectivity index (χ1) is 11.2. The Kier molecular flexibility index (Phi) is 5.96. The third-order valence-corrected chi connectivity index (χ3v) is 3.72. The fourth-order valence-corrected chi connectivity index (χ4v) is 2.31. The molecule has 0 radical (unpaired) electrons. The van der Waals surface area contributed by atoms with Gasteiger partial charge in [0.05, 0.1) is 0 Å². The molecule has 120 valence electrons. The molecule has 0 fully saturated rings. The average molecular weight is 375 g/mol. The summed E-state index contributed by atoms with van der Waals surface area (Å²) in [5.41, 5.74) is 8.79. The van der Waals surface area contributed by atoms with Crippen LogP contribution in [0.5, 0.6) is 5.75 Å². The lowest BCUT2D eigenvalue weighted by Gasteiger charge is -2.02. The van der Waals surface area contributed by atoms with Crippen LogP contribution in [-0.4, -0.2) is 10.1 Å². The number of hydrogen-bond acceptors (Lipinski definition) is 4. The van der Waals surface area contributed by atoms with E-state index in [4.69, 9.17) is 10.2 Å². The van der Waals surface area contributed by atoms with E-state index in [2.05, 4.69) is 20.9 Å². The van der Waals surface area contributed by atoms with Gasteiger partial charge in [-0.2, -0.15) is 0 Å². The van der Waals surface area contributed by atoms with Gasteiger partial charge < -0.3 is 15.3 Å². The van der Waals surface area contributed by atoms with Crippen molar-refractivity contribution in [2.45, 2.75) is 20.4 Å². The highest BCUT2D eigenvalue weighted by Gasteiger charge is 2.10. The van der Waals surface area contributed by atoms with Crippen molar-refractivity contribution in [3.8, 4) is 28.5 Å². The number of phenolic OH excluding ortho intramolecular Hbond substituents is 1.